The summed E-state index contributed by atoms with van der Waals surface area (Å²) in [5.74, 6) is -1.07. The molecule has 2 saturated carbocycles. The number of nitrogens with zero attached hydrogens (tertiary/aromatic N) is 2. The van der Waals surface area contributed by atoms with E-state index in [1.54, 1.807) is 105 Å². The third-order valence-corrected chi connectivity index (χ3v) is 20.5. The molecule has 2 fully saturated rings. The van der Waals surface area contributed by atoms with Gasteiger partial charge in [0.25, 0.3) is 0 Å². The average molecular weight is 1290 g/mol. The molecule has 0 saturated heterocycles. The van der Waals surface area contributed by atoms with E-state index < -0.39 is 67.0 Å². The second-order valence-electron chi connectivity index (χ2n) is 24.5. The molecule has 0 aliphatic heterocycles. The van der Waals surface area contributed by atoms with Gasteiger partial charge in [-0.2, -0.15) is 0 Å². The first kappa shape index (κ1) is 66.8. The SMILES string of the molecule is CC(C)OC(=O)NC1CCC(c2ncc(-c3ccc(NC(=O)NCc4cccc(F)c4)cc3S(=O)(=O)NC(C)(C)Cc3nc(C4CCC(NC(=O)OC(C)C)CC4)sc3-c3ccc(NC(=O)NCc4ccccc4F)cc3S(=O)(=O)NC(C)(C)C)s2)CC1. The zero-order chi connectivity index (χ0) is 63.7. The van der Waals surface area contributed by atoms with Crippen LogP contribution in [0.15, 0.2) is 101 Å². The molecule has 474 valence electrons. The van der Waals surface area contributed by atoms with E-state index in [0.29, 0.717) is 70.1 Å². The Morgan fingerprint density at radius 1 is 0.625 bits per heavy atom. The monoisotopic (exact) mass is 1290 g/mol. The largest absolute Gasteiger partial charge is 0.447 e. The lowest BCUT2D eigenvalue weighted by Gasteiger charge is -2.28. The van der Waals surface area contributed by atoms with Gasteiger partial charge in [-0.15, -0.1) is 22.7 Å². The number of sulfonamides is 2. The summed E-state index contributed by atoms with van der Waals surface area (Å²) in [7, 11) is -8.96. The van der Waals surface area contributed by atoms with Crippen LogP contribution in [0.25, 0.3) is 20.9 Å². The Morgan fingerprint density at radius 2 is 1.16 bits per heavy atom. The number of benzene rings is 4. The van der Waals surface area contributed by atoms with Crippen LogP contribution in [0.5, 0.6) is 0 Å². The van der Waals surface area contributed by atoms with Gasteiger partial charge in [0.1, 0.15) is 11.6 Å². The van der Waals surface area contributed by atoms with Gasteiger partial charge in [-0.25, -0.2) is 64.2 Å². The standard InChI is InChI=1S/C62H78F2N10O10S4/c1-36(2)83-59(77)70-43-21-17-39(18-22-43)55-65-35-51(85-55)47-27-25-45(68-57(75)66-33-38-13-12-15-42(63)29-38)30-52(47)88(81,82)74-62(8,9)32-50-54(86-56(72-50)40-19-23-44(24-20-40)71-60(78)84-37(3)4)48-28-26-46(31-53(48)87(79,80)73-61(5,6)7)69-58(76)67-34-41-14-10-11-16-49(41)64/h10-16,25-31,35-37,39-40,43-44,73-74H,17-24,32-34H2,1-9H3,(H,70,77)(H,71,78)(H2,66,68,75)(H2,67,69,76). The van der Waals surface area contributed by atoms with Gasteiger partial charge < -0.3 is 41.4 Å². The van der Waals surface area contributed by atoms with Gasteiger partial charge in [0.05, 0.1) is 47.5 Å². The number of amides is 6. The van der Waals surface area contributed by atoms with Crippen molar-refractivity contribution in [3.8, 4) is 20.9 Å². The number of nitrogens with one attached hydrogen (secondary N) is 8. The number of aromatic nitrogens is 2. The Labute approximate surface area is 521 Å². The normalized spacial score (nSPS) is 17.5. The summed E-state index contributed by atoms with van der Waals surface area (Å²) in [4.78, 5) is 62.3. The molecular formula is C62H78F2N10O10S4. The maximum atomic E-state index is 15.3. The van der Waals surface area contributed by atoms with Crippen molar-refractivity contribution in [2.24, 2.45) is 0 Å². The van der Waals surface area contributed by atoms with Crippen LogP contribution >= 0.6 is 22.7 Å². The molecule has 6 amide bonds. The summed E-state index contributed by atoms with van der Waals surface area (Å²) >= 11 is 2.63. The van der Waals surface area contributed by atoms with E-state index in [2.05, 4.69) is 41.3 Å². The predicted octanol–water partition coefficient (Wildman–Crippen LogP) is 12.6. The fourth-order valence-electron chi connectivity index (χ4n) is 10.6. The molecule has 2 aromatic heterocycles. The van der Waals surface area contributed by atoms with E-state index in [9.17, 15) is 36.4 Å². The zero-order valence-corrected chi connectivity index (χ0v) is 54.0. The van der Waals surface area contributed by atoms with Gasteiger partial charge in [-0.3, -0.25) is 0 Å². The first-order chi connectivity index (χ1) is 41.5. The highest BCUT2D eigenvalue weighted by Gasteiger charge is 2.36. The Kier molecular flexibility index (Phi) is 21.7. The number of urea groups is 2. The molecule has 88 heavy (non-hydrogen) atoms. The number of hydrogen-bond acceptors (Lipinski definition) is 14. The summed E-state index contributed by atoms with van der Waals surface area (Å²) in [6.45, 7) is 15.4. The van der Waals surface area contributed by atoms with Crippen molar-refractivity contribution in [3.63, 3.8) is 0 Å². The summed E-state index contributed by atoms with van der Waals surface area (Å²) < 4.78 is 105. The minimum absolute atomic E-state index is 0.0168. The van der Waals surface area contributed by atoms with Crippen molar-refractivity contribution in [2.45, 2.75) is 190 Å². The number of carbonyl (C=O) groups is 4. The highest BCUT2D eigenvalue weighted by Crippen LogP contribution is 2.44. The molecule has 20 nitrogen and oxygen atoms in total. The van der Waals surface area contributed by atoms with Crippen molar-refractivity contribution in [3.05, 3.63) is 130 Å². The molecule has 0 atom stereocenters. The van der Waals surface area contributed by atoms with E-state index in [4.69, 9.17) is 19.4 Å². The average Bonchev–Trinajstić information content (AvgIpc) is 2.26. The van der Waals surface area contributed by atoms with Crippen molar-refractivity contribution in [2.75, 3.05) is 10.6 Å². The number of alkyl carbamates (subject to hydrolysis) is 2. The summed E-state index contributed by atoms with van der Waals surface area (Å²) in [6, 6.07) is 19.1. The number of halogens is 2. The third kappa shape index (κ3) is 18.7. The van der Waals surface area contributed by atoms with Crippen LogP contribution in [0.1, 0.15) is 152 Å². The van der Waals surface area contributed by atoms with Crippen LogP contribution in [0.4, 0.5) is 39.3 Å². The topological polar surface area (TPSA) is 277 Å². The number of rotatable bonds is 21. The quantitative estimate of drug-likeness (QED) is 0.0334. The number of ether oxygens (including phenoxy) is 2. The number of carbonyl (C=O) groups excluding carboxylic acids is 4. The summed E-state index contributed by atoms with van der Waals surface area (Å²) in [6.07, 6.45) is 5.26. The molecule has 6 aromatic rings. The van der Waals surface area contributed by atoms with E-state index >= 15 is 8.42 Å². The van der Waals surface area contributed by atoms with Crippen LogP contribution < -0.4 is 41.3 Å². The second kappa shape index (κ2) is 28.6. The molecule has 8 rings (SSSR count). The van der Waals surface area contributed by atoms with Crippen LogP contribution in [0.3, 0.4) is 0 Å². The maximum absolute atomic E-state index is 15.3. The highest BCUT2D eigenvalue weighted by molar-refractivity contribution is 7.90. The second-order valence-corrected chi connectivity index (χ2v) is 29.9. The van der Waals surface area contributed by atoms with Crippen LogP contribution in [-0.2, 0) is 49.0 Å². The lowest BCUT2D eigenvalue weighted by Crippen LogP contribution is -2.45. The molecule has 0 bridgehead atoms. The first-order valence-corrected chi connectivity index (χ1v) is 33.9. The molecular weight excluding hydrogens is 1210 g/mol. The number of hydrogen-bond donors (Lipinski definition) is 8. The van der Waals surface area contributed by atoms with Gasteiger partial charge in [-0.05, 0) is 162 Å². The van der Waals surface area contributed by atoms with Gasteiger partial charge in [0.15, 0.2) is 0 Å². The smallest absolute Gasteiger partial charge is 0.407 e. The molecule has 26 heteroatoms. The Balaban J connectivity index is 1.13. The van der Waals surface area contributed by atoms with Crippen LogP contribution in [0, 0.1) is 11.6 Å². The van der Waals surface area contributed by atoms with E-state index in [0.717, 1.165) is 17.8 Å². The van der Waals surface area contributed by atoms with Crippen LogP contribution in [0.2, 0.25) is 0 Å². The minimum Gasteiger partial charge on any atom is -0.447 e. The minimum atomic E-state index is -4.57. The van der Waals surface area contributed by atoms with Crippen LogP contribution in [-0.4, -0.2) is 86.4 Å². The van der Waals surface area contributed by atoms with Gasteiger partial charge in [-0.1, -0.05) is 42.5 Å². The van der Waals surface area contributed by atoms with Gasteiger partial charge >= 0.3 is 24.2 Å². The first-order valence-electron chi connectivity index (χ1n) is 29.3. The van der Waals surface area contributed by atoms with E-state index in [1.807, 2.05) is 0 Å². The maximum Gasteiger partial charge on any atom is 0.407 e. The van der Waals surface area contributed by atoms with Crippen molar-refractivity contribution < 1.29 is 54.3 Å². The zero-order valence-electron chi connectivity index (χ0n) is 50.8. The summed E-state index contributed by atoms with van der Waals surface area (Å²) in [5.41, 5.74) is -0.417. The van der Waals surface area contributed by atoms with Crippen molar-refractivity contribution in [1.82, 2.24) is 40.7 Å². The molecule has 0 spiro atoms. The molecule has 8 N–H and O–H groups in total. The molecule has 2 aliphatic carbocycles. The predicted molar refractivity (Wildman–Crippen MR) is 337 cm³/mol. The highest BCUT2D eigenvalue weighted by atomic mass is 32.2. The number of anilines is 2. The van der Waals surface area contributed by atoms with Crippen molar-refractivity contribution in [1.29, 1.82) is 0 Å². The Morgan fingerprint density at radius 3 is 1.72 bits per heavy atom. The Hall–Kier alpha value is -7.10. The third-order valence-electron chi connectivity index (χ3n) is 14.5. The molecule has 0 unspecified atom stereocenters. The number of thiazole rings is 2. The molecule has 0 radical (unpaired) electrons. The van der Waals surface area contributed by atoms with Gasteiger partial charge in [0, 0.05) is 88.8 Å². The summed E-state index contributed by atoms with van der Waals surface area (Å²) in [5, 5.41) is 18.1. The lowest BCUT2D eigenvalue weighted by atomic mass is 9.86. The van der Waals surface area contributed by atoms with Crippen molar-refractivity contribution >= 4 is 78.3 Å². The molecule has 2 heterocycles. The molecule has 2 aliphatic rings. The Bertz CT molecular complexity index is 3700. The van der Waals surface area contributed by atoms with E-state index in [-0.39, 0.29) is 87.9 Å². The molecule has 4 aromatic carbocycles. The van der Waals surface area contributed by atoms with Gasteiger partial charge in [0.2, 0.25) is 20.0 Å². The fourth-order valence-corrected chi connectivity index (χ4v) is 16.5. The fraction of sp³-hybridized carbons (Fsp3) is 0.452. The lowest BCUT2D eigenvalue weighted by molar-refractivity contribution is 0.108. The van der Waals surface area contributed by atoms with E-state index in [1.165, 1.54) is 71.2 Å².